The van der Waals surface area contributed by atoms with Crippen LogP contribution in [-0.2, 0) is 21.4 Å². The fraction of sp³-hybridized carbons (Fsp3) is 0.471. The van der Waals surface area contributed by atoms with Gasteiger partial charge in [-0.05, 0) is 32.3 Å². The fourth-order valence-corrected chi connectivity index (χ4v) is 4.91. The van der Waals surface area contributed by atoms with E-state index in [-0.39, 0.29) is 42.0 Å². The van der Waals surface area contributed by atoms with Gasteiger partial charge in [0.1, 0.15) is 0 Å². The highest BCUT2D eigenvalue weighted by Gasteiger charge is 2.33. The molecule has 1 aromatic heterocycles. The molecule has 2 heterocycles. The van der Waals surface area contributed by atoms with Crippen LogP contribution in [0, 0.1) is 29.9 Å². The number of amides is 1. The molecule has 1 saturated heterocycles. The van der Waals surface area contributed by atoms with Gasteiger partial charge in [0.25, 0.3) is 5.69 Å². The lowest BCUT2D eigenvalue weighted by molar-refractivity contribution is -0.385. The molecule has 156 valence electrons. The fourth-order valence-electron chi connectivity index (χ4n) is 3.20. The van der Waals surface area contributed by atoms with E-state index < -0.39 is 14.9 Å². The van der Waals surface area contributed by atoms with Crippen molar-refractivity contribution in [2.75, 3.05) is 13.1 Å². The van der Waals surface area contributed by atoms with Gasteiger partial charge >= 0.3 is 0 Å². The summed E-state index contributed by atoms with van der Waals surface area (Å²) >= 11 is 0. The third-order valence-electron chi connectivity index (χ3n) is 4.81. The Morgan fingerprint density at radius 3 is 2.62 bits per heavy atom. The van der Waals surface area contributed by atoms with Crippen LogP contribution in [0.3, 0.4) is 0 Å². The molecule has 1 aliphatic heterocycles. The maximum Gasteiger partial charge on any atom is 0.270 e. The van der Waals surface area contributed by atoms with E-state index in [9.17, 15) is 23.3 Å². The first kappa shape index (κ1) is 20.9. The molecule has 1 N–H and O–H groups in total. The lowest BCUT2D eigenvalue weighted by Crippen LogP contribution is -2.43. The van der Waals surface area contributed by atoms with Crippen molar-refractivity contribution in [3.05, 3.63) is 45.6 Å². The number of sulfonamides is 1. The minimum atomic E-state index is -3.89. The monoisotopic (exact) mass is 423 g/mol. The van der Waals surface area contributed by atoms with Crippen molar-refractivity contribution in [3.63, 3.8) is 0 Å². The quantitative estimate of drug-likeness (QED) is 0.540. The molecule has 1 aliphatic rings. The van der Waals surface area contributed by atoms with Crippen LogP contribution in [0.15, 0.2) is 27.6 Å². The third-order valence-corrected chi connectivity index (χ3v) is 6.85. The Bertz CT molecular complexity index is 1030. The predicted octanol–water partition coefficient (Wildman–Crippen LogP) is 1.31. The predicted molar refractivity (Wildman–Crippen MR) is 100 cm³/mol. The molecule has 2 aromatic rings. The number of non-ortho nitro benzene ring substituents is 1. The normalized spacial score (nSPS) is 15.9. The number of rotatable bonds is 6. The third kappa shape index (κ3) is 4.59. The summed E-state index contributed by atoms with van der Waals surface area (Å²) in [7, 11) is -3.89. The van der Waals surface area contributed by atoms with Gasteiger partial charge in [-0.2, -0.15) is 9.29 Å². The number of carbonyl (C=O) groups excluding carboxylic acids is 1. The zero-order valence-corrected chi connectivity index (χ0v) is 16.8. The molecule has 0 spiro atoms. The van der Waals surface area contributed by atoms with Gasteiger partial charge in [-0.15, -0.1) is 0 Å². The van der Waals surface area contributed by atoms with Gasteiger partial charge in [-0.3, -0.25) is 14.9 Å². The summed E-state index contributed by atoms with van der Waals surface area (Å²) in [4.78, 5) is 26.6. The van der Waals surface area contributed by atoms with E-state index in [1.54, 1.807) is 13.8 Å². The van der Waals surface area contributed by atoms with Crippen molar-refractivity contribution in [1.82, 2.24) is 19.8 Å². The molecule has 0 aliphatic carbocycles. The lowest BCUT2D eigenvalue weighted by atomic mass is 9.97. The van der Waals surface area contributed by atoms with Gasteiger partial charge < -0.3 is 9.84 Å². The van der Waals surface area contributed by atoms with E-state index >= 15 is 0 Å². The smallest absolute Gasteiger partial charge is 0.270 e. The minimum absolute atomic E-state index is 0.0821. The molecule has 1 fully saturated rings. The second-order valence-electron chi connectivity index (χ2n) is 6.84. The molecular formula is C17H21N5O6S. The highest BCUT2D eigenvalue weighted by atomic mass is 32.2. The Morgan fingerprint density at radius 1 is 1.34 bits per heavy atom. The van der Waals surface area contributed by atoms with Crippen molar-refractivity contribution in [2.24, 2.45) is 5.92 Å². The number of carbonyl (C=O) groups is 1. The van der Waals surface area contributed by atoms with Gasteiger partial charge in [0.05, 0.1) is 16.4 Å². The van der Waals surface area contributed by atoms with Gasteiger partial charge in [0, 0.05) is 31.1 Å². The van der Waals surface area contributed by atoms with Gasteiger partial charge in [0.2, 0.25) is 21.8 Å². The van der Waals surface area contributed by atoms with Crippen LogP contribution in [-0.4, -0.2) is 46.8 Å². The standard InChI is InChI=1S/C17H21N5O6S/c1-11-3-4-14(22(24)25)9-15(11)29(26,27)21-7-5-13(6-8-21)17(23)18-10-16-19-12(2)20-28-16/h3-4,9,13H,5-8,10H2,1-2H3,(H,18,23). The zero-order valence-electron chi connectivity index (χ0n) is 16.0. The summed E-state index contributed by atoms with van der Waals surface area (Å²) in [5, 5.41) is 17.4. The molecule has 3 rings (SSSR count). The molecule has 29 heavy (non-hydrogen) atoms. The van der Waals surface area contributed by atoms with Gasteiger partial charge in [0.15, 0.2) is 5.82 Å². The van der Waals surface area contributed by atoms with E-state index in [0.717, 1.165) is 6.07 Å². The first-order chi connectivity index (χ1) is 13.7. The van der Waals surface area contributed by atoms with E-state index in [0.29, 0.717) is 30.1 Å². The van der Waals surface area contributed by atoms with Crippen LogP contribution < -0.4 is 5.32 Å². The first-order valence-electron chi connectivity index (χ1n) is 9.00. The summed E-state index contributed by atoms with van der Waals surface area (Å²) in [5.74, 6) is 0.238. The number of aromatic nitrogens is 2. The van der Waals surface area contributed by atoms with E-state index in [4.69, 9.17) is 4.52 Å². The number of piperidine rings is 1. The number of hydrogen-bond acceptors (Lipinski definition) is 8. The first-order valence-corrected chi connectivity index (χ1v) is 10.4. The molecule has 0 bridgehead atoms. The number of hydrogen-bond donors (Lipinski definition) is 1. The summed E-state index contributed by atoms with van der Waals surface area (Å²) in [6.07, 6.45) is 0.698. The molecule has 11 nitrogen and oxygen atoms in total. The molecule has 0 unspecified atom stereocenters. The van der Waals surface area contributed by atoms with Crippen molar-refractivity contribution in [2.45, 2.75) is 38.1 Å². The van der Waals surface area contributed by atoms with Crippen LogP contribution >= 0.6 is 0 Å². The number of nitrogens with zero attached hydrogens (tertiary/aromatic N) is 4. The summed E-state index contributed by atoms with van der Waals surface area (Å²) in [5.41, 5.74) is 0.157. The van der Waals surface area contributed by atoms with Gasteiger partial charge in [-0.1, -0.05) is 11.2 Å². The van der Waals surface area contributed by atoms with Crippen LogP contribution in [0.2, 0.25) is 0 Å². The summed E-state index contributed by atoms with van der Waals surface area (Å²) in [6, 6.07) is 3.77. The summed E-state index contributed by atoms with van der Waals surface area (Å²) < 4.78 is 32.1. The summed E-state index contributed by atoms with van der Waals surface area (Å²) in [6.45, 7) is 3.69. The van der Waals surface area contributed by atoms with Crippen LogP contribution in [0.4, 0.5) is 5.69 Å². The Hall–Kier alpha value is -2.86. The number of nitrogens with one attached hydrogen (secondary N) is 1. The van der Waals surface area contributed by atoms with E-state index in [2.05, 4.69) is 15.5 Å². The Morgan fingerprint density at radius 2 is 2.03 bits per heavy atom. The molecule has 12 heteroatoms. The van der Waals surface area contributed by atoms with E-state index in [1.165, 1.54) is 16.4 Å². The Labute approximate surface area is 167 Å². The van der Waals surface area contributed by atoms with Crippen LogP contribution in [0.1, 0.15) is 30.1 Å². The van der Waals surface area contributed by atoms with Gasteiger partial charge in [-0.25, -0.2) is 8.42 Å². The van der Waals surface area contributed by atoms with Crippen LogP contribution in [0.5, 0.6) is 0 Å². The minimum Gasteiger partial charge on any atom is -0.347 e. The molecular weight excluding hydrogens is 402 g/mol. The zero-order chi connectivity index (χ0) is 21.2. The SMILES string of the molecule is Cc1noc(CNC(=O)C2CCN(S(=O)(=O)c3cc([N+](=O)[O-])ccc3C)CC2)n1. The lowest BCUT2D eigenvalue weighted by Gasteiger charge is -2.30. The second-order valence-corrected chi connectivity index (χ2v) is 8.74. The number of nitro benzene ring substituents is 1. The van der Waals surface area contributed by atoms with Crippen molar-refractivity contribution >= 4 is 21.6 Å². The number of nitro groups is 1. The molecule has 1 amide bonds. The Kier molecular flexibility index (Phi) is 5.94. The molecule has 0 atom stereocenters. The van der Waals surface area contributed by atoms with E-state index in [1.807, 2.05) is 0 Å². The second kappa shape index (κ2) is 8.25. The number of aryl methyl sites for hydroxylation is 2. The van der Waals surface area contributed by atoms with Crippen LogP contribution in [0.25, 0.3) is 0 Å². The van der Waals surface area contributed by atoms with Crippen molar-refractivity contribution in [3.8, 4) is 0 Å². The highest BCUT2D eigenvalue weighted by molar-refractivity contribution is 7.89. The maximum atomic E-state index is 12.9. The molecule has 1 aromatic carbocycles. The molecule has 0 radical (unpaired) electrons. The largest absolute Gasteiger partial charge is 0.347 e. The average molecular weight is 423 g/mol. The van der Waals surface area contributed by atoms with Crippen molar-refractivity contribution < 1.29 is 22.7 Å². The molecule has 0 saturated carbocycles. The Balaban J connectivity index is 1.63. The average Bonchev–Trinajstić information content (AvgIpc) is 3.11. The highest BCUT2D eigenvalue weighted by Crippen LogP contribution is 2.28. The number of benzene rings is 1. The maximum absolute atomic E-state index is 12.9. The van der Waals surface area contributed by atoms with Crippen molar-refractivity contribution in [1.29, 1.82) is 0 Å². The topological polar surface area (TPSA) is 149 Å².